The molecule has 0 aromatic carbocycles. The van der Waals surface area contributed by atoms with Crippen LogP contribution >= 0.6 is 0 Å². The molecule has 5 heteroatoms. The van der Waals surface area contributed by atoms with Crippen LogP contribution in [0.5, 0.6) is 0 Å². The van der Waals surface area contributed by atoms with Gasteiger partial charge < -0.3 is 14.6 Å². The van der Waals surface area contributed by atoms with Crippen molar-refractivity contribution in [2.24, 2.45) is 0 Å². The average molecular weight is 278 g/mol. The summed E-state index contributed by atoms with van der Waals surface area (Å²) in [6.45, 7) is 7.14. The van der Waals surface area contributed by atoms with Crippen LogP contribution in [0.15, 0.2) is 15.3 Å². The number of aryl methyl sites for hydroxylation is 2. The van der Waals surface area contributed by atoms with Crippen LogP contribution in [-0.4, -0.2) is 37.0 Å². The molecule has 0 unspecified atom stereocenters. The van der Waals surface area contributed by atoms with Crippen LogP contribution in [-0.2, 0) is 0 Å². The Kier molecular flexibility index (Phi) is 4.95. The minimum atomic E-state index is -0.412. The van der Waals surface area contributed by atoms with E-state index in [1.165, 1.54) is 25.3 Å². The van der Waals surface area contributed by atoms with Gasteiger partial charge in [-0.05, 0) is 45.3 Å². The number of nitrogens with zero attached hydrogens (tertiary/aromatic N) is 1. The predicted molar refractivity (Wildman–Crippen MR) is 77.1 cm³/mol. The SMILES string of the molecule is Cc1cc(=O)oc(C)c1C(=O)NCCN1CCCCC1. The zero-order valence-corrected chi connectivity index (χ0v) is 12.2. The summed E-state index contributed by atoms with van der Waals surface area (Å²) < 4.78 is 4.98. The maximum absolute atomic E-state index is 12.1. The summed E-state index contributed by atoms with van der Waals surface area (Å²) in [7, 11) is 0. The fourth-order valence-corrected chi connectivity index (χ4v) is 2.70. The molecule has 1 aliphatic rings. The molecule has 0 atom stereocenters. The van der Waals surface area contributed by atoms with E-state index in [4.69, 9.17) is 4.42 Å². The van der Waals surface area contributed by atoms with Crippen LogP contribution < -0.4 is 10.9 Å². The van der Waals surface area contributed by atoms with E-state index in [0.717, 1.165) is 19.6 Å². The van der Waals surface area contributed by atoms with E-state index in [1.807, 2.05) is 0 Å². The molecule has 0 spiro atoms. The third-order valence-corrected chi connectivity index (χ3v) is 3.72. The fraction of sp³-hybridized carbons (Fsp3) is 0.600. The third kappa shape index (κ3) is 3.70. The Bertz CT molecular complexity index is 504. The summed E-state index contributed by atoms with van der Waals surface area (Å²) in [5.74, 6) is 0.214. The number of hydrogen-bond donors (Lipinski definition) is 1. The molecule has 1 fully saturated rings. The van der Waals surface area contributed by atoms with Crippen LogP contribution in [0.3, 0.4) is 0 Å². The molecular weight excluding hydrogens is 256 g/mol. The van der Waals surface area contributed by atoms with Crippen molar-refractivity contribution in [3.63, 3.8) is 0 Å². The van der Waals surface area contributed by atoms with Crippen molar-refractivity contribution in [3.05, 3.63) is 33.4 Å². The lowest BCUT2D eigenvalue weighted by Crippen LogP contribution is -2.38. The number of carbonyl (C=O) groups excluding carboxylic acids is 1. The van der Waals surface area contributed by atoms with Gasteiger partial charge in [-0.25, -0.2) is 4.79 Å². The standard InChI is InChI=1S/C15H22N2O3/c1-11-10-13(18)20-12(2)14(11)15(19)16-6-9-17-7-4-3-5-8-17/h10H,3-9H2,1-2H3,(H,16,19). The van der Waals surface area contributed by atoms with Gasteiger partial charge in [-0.2, -0.15) is 0 Å². The van der Waals surface area contributed by atoms with Crippen LogP contribution in [0.25, 0.3) is 0 Å². The van der Waals surface area contributed by atoms with Gasteiger partial charge in [0, 0.05) is 19.2 Å². The van der Waals surface area contributed by atoms with Gasteiger partial charge in [0.1, 0.15) is 5.76 Å². The molecule has 1 aromatic rings. The van der Waals surface area contributed by atoms with Crippen molar-refractivity contribution in [2.75, 3.05) is 26.2 Å². The van der Waals surface area contributed by atoms with Gasteiger partial charge >= 0.3 is 5.63 Å². The van der Waals surface area contributed by atoms with E-state index < -0.39 is 5.63 Å². The molecule has 1 N–H and O–H groups in total. The lowest BCUT2D eigenvalue weighted by Gasteiger charge is -2.26. The highest BCUT2D eigenvalue weighted by Crippen LogP contribution is 2.11. The Balaban J connectivity index is 1.90. The first kappa shape index (κ1) is 14.8. The number of rotatable bonds is 4. The van der Waals surface area contributed by atoms with E-state index in [1.54, 1.807) is 13.8 Å². The molecule has 1 saturated heterocycles. The number of amides is 1. The summed E-state index contributed by atoms with van der Waals surface area (Å²) in [5, 5.41) is 2.90. The second-order valence-electron chi connectivity index (χ2n) is 5.34. The van der Waals surface area contributed by atoms with E-state index in [2.05, 4.69) is 10.2 Å². The highest BCUT2D eigenvalue weighted by atomic mass is 16.4. The monoisotopic (exact) mass is 278 g/mol. The molecule has 0 saturated carbocycles. The molecule has 1 amide bonds. The molecule has 0 radical (unpaired) electrons. The lowest BCUT2D eigenvalue weighted by atomic mass is 10.1. The van der Waals surface area contributed by atoms with Crippen molar-refractivity contribution in [1.82, 2.24) is 10.2 Å². The van der Waals surface area contributed by atoms with Gasteiger partial charge in [-0.1, -0.05) is 6.42 Å². The first-order valence-electron chi connectivity index (χ1n) is 7.20. The molecule has 5 nitrogen and oxygen atoms in total. The molecule has 2 heterocycles. The Morgan fingerprint density at radius 1 is 1.30 bits per heavy atom. The van der Waals surface area contributed by atoms with Crippen molar-refractivity contribution in [2.45, 2.75) is 33.1 Å². The van der Waals surface area contributed by atoms with Crippen molar-refractivity contribution in [3.8, 4) is 0 Å². The predicted octanol–water partition coefficient (Wildman–Crippen LogP) is 1.47. The van der Waals surface area contributed by atoms with E-state index in [-0.39, 0.29) is 5.91 Å². The molecular formula is C15H22N2O3. The smallest absolute Gasteiger partial charge is 0.336 e. The molecule has 0 bridgehead atoms. The summed E-state index contributed by atoms with van der Waals surface area (Å²) >= 11 is 0. The Hall–Kier alpha value is -1.62. The largest absolute Gasteiger partial charge is 0.427 e. The third-order valence-electron chi connectivity index (χ3n) is 3.72. The van der Waals surface area contributed by atoms with E-state index >= 15 is 0 Å². The highest BCUT2D eigenvalue weighted by Gasteiger charge is 2.15. The normalized spacial score (nSPS) is 16.1. The van der Waals surface area contributed by atoms with Gasteiger partial charge in [-0.15, -0.1) is 0 Å². The fourth-order valence-electron chi connectivity index (χ4n) is 2.70. The summed E-state index contributed by atoms with van der Waals surface area (Å²) in [4.78, 5) is 25.7. The van der Waals surface area contributed by atoms with Crippen LogP contribution in [0, 0.1) is 13.8 Å². The molecule has 0 aliphatic carbocycles. The number of carbonyl (C=O) groups is 1. The Morgan fingerprint density at radius 3 is 2.65 bits per heavy atom. The first-order chi connectivity index (χ1) is 9.58. The summed E-state index contributed by atoms with van der Waals surface area (Å²) in [5.41, 5.74) is 0.724. The first-order valence-corrected chi connectivity index (χ1v) is 7.20. The van der Waals surface area contributed by atoms with Crippen LogP contribution in [0.4, 0.5) is 0 Å². The van der Waals surface area contributed by atoms with Crippen molar-refractivity contribution in [1.29, 1.82) is 0 Å². The van der Waals surface area contributed by atoms with Gasteiger partial charge in [0.2, 0.25) is 0 Å². The molecule has 110 valence electrons. The zero-order valence-electron chi connectivity index (χ0n) is 12.2. The van der Waals surface area contributed by atoms with Crippen LogP contribution in [0.2, 0.25) is 0 Å². The minimum Gasteiger partial charge on any atom is -0.427 e. The van der Waals surface area contributed by atoms with Gasteiger partial charge in [-0.3, -0.25) is 4.79 Å². The maximum atomic E-state index is 12.1. The number of piperidine rings is 1. The molecule has 1 aliphatic heterocycles. The lowest BCUT2D eigenvalue weighted by molar-refractivity contribution is 0.0942. The van der Waals surface area contributed by atoms with Crippen molar-refractivity contribution >= 4 is 5.91 Å². The quantitative estimate of drug-likeness (QED) is 0.906. The minimum absolute atomic E-state index is 0.166. The second-order valence-corrected chi connectivity index (χ2v) is 5.34. The number of nitrogens with one attached hydrogen (secondary N) is 1. The Morgan fingerprint density at radius 2 is 2.00 bits per heavy atom. The van der Waals surface area contributed by atoms with Gasteiger partial charge in [0.05, 0.1) is 5.56 Å². The average Bonchev–Trinajstić information content (AvgIpc) is 2.38. The summed E-state index contributed by atoms with van der Waals surface area (Å²) in [6, 6.07) is 1.35. The van der Waals surface area contributed by atoms with Crippen molar-refractivity contribution < 1.29 is 9.21 Å². The number of likely N-dealkylation sites (tertiary alicyclic amines) is 1. The molecule has 2 rings (SSSR count). The second kappa shape index (κ2) is 6.70. The van der Waals surface area contributed by atoms with E-state index in [0.29, 0.717) is 23.4 Å². The topological polar surface area (TPSA) is 62.6 Å². The maximum Gasteiger partial charge on any atom is 0.336 e. The molecule has 1 aromatic heterocycles. The zero-order chi connectivity index (χ0) is 14.5. The highest BCUT2D eigenvalue weighted by molar-refractivity contribution is 5.96. The van der Waals surface area contributed by atoms with E-state index in [9.17, 15) is 9.59 Å². The van der Waals surface area contributed by atoms with Crippen LogP contribution in [0.1, 0.15) is 40.9 Å². The number of hydrogen-bond acceptors (Lipinski definition) is 4. The Labute approximate surface area is 119 Å². The van der Waals surface area contributed by atoms with Gasteiger partial charge in [0.15, 0.2) is 0 Å². The van der Waals surface area contributed by atoms with Gasteiger partial charge in [0.25, 0.3) is 5.91 Å². The summed E-state index contributed by atoms with van der Waals surface area (Å²) in [6.07, 6.45) is 3.80. The molecule has 20 heavy (non-hydrogen) atoms.